The third kappa shape index (κ3) is 5.17. The Balaban J connectivity index is 1.60. The number of carbonyl (C=O) groups excluding carboxylic acids is 1. The van der Waals surface area contributed by atoms with E-state index in [-0.39, 0.29) is 16.8 Å². The molecule has 27 heavy (non-hydrogen) atoms. The van der Waals surface area contributed by atoms with Gasteiger partial charge in [-0.2, -0.15) is 0 Å². The summed E-state index contributed by atoms with van der Waals surface area (Å²) in [4.78, 5) is 15.2. The number of rotatable bonds is 6. The first-order valence-electron chi connectivity index (χ1n) is 9.25. The van der Waals surface area contributed by atoms with Crippen molar-refractivity contribution in [3.8, 4) is 0 Å². The molecular formula is C21H26N2O3S. The molecule has 3 rings (SSSR count). The Morgan fingerprint density at radius 1 is 1.04 bits per heavy atom. The summed E-state index contributed by atoms with van der Waals surface area (Å²) in [5.41, 5.74) is 2.71. The van der Waals surface area contributed by atoms with Crippen molar-refractivity contribution in [2.45, 2.75) is 37.2 Å². The lowest BCUT2D eigenvalue weighted by molar-refractivity contribution is 0.0940. The van der Waals surface area contributed by atoms with Crippen LogP contribution < -0.4 is 5.32 Å². The molecule has 0 aromatic heterocycles. The zero-order valence-corrected chi connectivity index (χ0v) is 16.6. The number of sulfone groups is 1. The predicted molar refractivity (Wildman–Crippen MR) is 106 cm³/mol. The van der Waals surface area contributed by atoms with E-state index in [9.17, 15) is 13.2 Å². The highest BCUT2D eigenvalue weighted by Gasteiger charge is 2.14. The van der Waals surface area contributed by atoms with Crippen LogP contribution >= 0.6 is 0 Å². The predicted octanol–water partition coefficient (Wildman–Crippen LogP) is 3.18. The van der Waals surface area contributed by atoms with Crippen molar-refractivity contribution in [3.05, 3.63) is 65.2 Å². The molecule has 1 aliphatic rings. The molecule has 2 aromatic carbocycles. The highest BCUT2D eigenvalue weighted by Crippen LogP contribution is 2.17. The number of carbonyl (C=O) groups is 1. The van der Waals surface area contributed by atoms with Crippen molar-refractivity contribution < 1.29 is 13.2 Å². The minimum Gasteiger partial charge on any atom is -0.346 e. The van der Waals surface area contributed by atoms with Gasteiger partial charge in [-0.15, -0.1) is 0 Å². The minimum atomic E-state index is -3.22. The Hall–Kier alpha value is -2.18. The first kappa shape index (κ1) is 19.6. The fourth-order valence-corrected chi connectivity index (χ4v) is 3.96. The molecule has 0 bridgehead atoms. The molecule has 0 spiro atoms. The topological polar surface area (TPSA) is 66.5 Å². The molecule has 1 heterocycles. The smallest absolute Gasteiger partial charge is 0.251 e. The molecule has 6 heteroatoms. The summed E-state index contributed by atoms with van der Waals surface area (Å²) in [6.45, 7) is 5.12. The van der Waals surface area contributed by atoms with Crippen LogP contribution in [0.25, 0.3) is 0 Å². The van der Waals surface area contributed by atoms with Crippen LogP contribution in [0.2, 0.25) is 0 Å². The maximum Gasteiger partial charge on any atom is 0.251 e. The average molecular weight is 387 g/mol. The fourth-order valence-electron chi connectivity index (χ4n) is 3.33. The minimum absolute atomic E-state index is 0.137. The molecule has 1 amide bonds. The van der Waals surface area contributed by atoms with Crippen LogP contribution in [-0.2, 0) is 16.4 Å². The molecule has 1 atom stereocenters. The van der Waals surface area contributed by atoms with Crippen LogP contribution in [0.15, 0.2) is 53.4 Å². The van der Waals surface area contributed by atoms with Crippen molar-refractivity contribution in [1.82, 2.24) is 10.2 Å². The molecule has 0 unspecified atom stereocenters. The van der Waals surface area contributed by atoms with Gasteiger partial charge in [0, 0.05) is 18.4 Å². The van der Waals surface area contributed by atoms with Crippen molar-refractivity contribution in [1.29, 1.82) is 0 Å². The maximum absolute atomic E-state index is 12.5. The molecule has 1 saturated heterocycles. The van der Waals surface area contributed by atoms with Gasteiger partial charge in [0.25, 0.3) is 5.91 Å². The van der Waals surface area contributed by atoms with Crippen LogP contribution in [0.5, 0.6) is 0 Å². The Kier molecular flexibility index (Phi) is 5.97. The third-order valence-electron chi connectivity index (χ3n) is 4.98. The van der Waals surface area contributed by atoms with Crippen LogP contribution in [0, 0.1) is 0 Å². The van der Waals surface area contributed by atoms with Gasteiger partial charge >= 0.3 is 0 Å². The van der Waals surface area contributed by atoms with E-state index in [0.29, 0.717) is 5.56 Å². The van der Waals surface area contributed by atoms with E-state index in [4.69, 9.17) is 0 Å². The summed E-state index contributed by atoms with van der Waals surface area (Å²) in [6.07, 6.45) is 3.72. The molecule has 1 N–H and O–H groups in total. The molecule has 144 valence electrons. The summed E-state index contributed by atoms with van der Waals surface area (Å²) in [6, 6.07) is 14.1. The summed E-state index contributed by atoms with van der Waals surface area (Å²) in [5, 5.41) is 2.96. The number of likely N-dealkylation sites (tertiary alicyclic amines) is 1. The van der Waals surface area contributed by atoms with Gasteiger partial charge in [-0.05, 0) is 68.2 Å². The monoisotopic (exact) mass is 386 g/mol. The van der Waals surface area contributed by atoms with E-state index < -0.39 is 9.84 Å². The van der Waals surface area contributed by atoms with Gasteiger partial charge in [-0.25, -0.2) is 8.42 Å². The van der Waals surface area contributed by atoms with Crippen LogP contribution in [-0.4, -0.2) is 38.6 Å². The second-order valence-electron chi connectivity index (χ2n) is 7.22. The lowest BCUT2D eigenvalue weighted by Gasteiger charge is -2.16. The van der Waals surface area contributed by atoms with Gasteiger partial charge in [0.1, 0.15) is 0 Å². The van der Waals surface area contributed by atoms with E-state index in [2.05, 4.69) is 10.2 Å². The molecule has 0 radical (unpaired) electrons. The van der Waals surface area contributed by atoms with Gasteiger partial charge in [0.2, 0.25) is 0 Å². The zero-order valence-electron chi connectivity index (χ0n) is 15.8. The molecule has 1 fully saturated rings. The molecule has 2 aromatic rings. The van der Waals surface area contributed by atoms with Crippen molar-refractivity contribution >= 4 is 15.7 Å². The van der Waals surface area contributed by atoms with Gasteiger partial charge < -0.3 is 5.32 Å². The SMILES string of the molecule is C[C@H](NC(=O)c1ccc(CN2CCCC2)cc1)c1ccc(S(C)(=O)=O)cc1. The zero-order chi connectivity index (χ0) is 19.4. The van der Waals surface area contributed by atoms with Crippen LogP contribution in [0.3, 0.4) is 0 Å². The first-order chi connectivity index (χ1) is 12.8. The van der Waals surface area contributed by atoms with E-state index >= 15 is 0 Å². The molecule has 1 aliphatic heterocycles. The largest absolute Gasteiger partial charge is 0.346 e. The summed E-state index contributed by atoms with van der Waals surface area (Å²) in [7, 11) is -3.22. The summed E-state index contributed by atoms with van der Waals surface area (Å²) in [5.74, 6) is -0.137. The number of nitrogens with zero attached hydrogens (tertiary/aromatic N) is 1. The number of hydrogen-bond acceptors (Lipinski definition) is 4. The van der Waals surface area contributed by atoms with E-state index in [0.717, 1.165) is 25.2 Å². The van der Waals surface area contributed by atoms with E-state index in [1.807, 2.05) is 31.2 Å². The highest BCUT2D eigenvalue weighted by atomic mass is 32.2. The Labute approximate surface area is 161 Å². The standard InChI is InChI=1S/C21H26N2O3S/c1-16(18-9-11-20(12-10-18)27(2,25)26)22-21(24)19-7-5-17(6-8-19)15-23-13-3-4-14-23/h5-12,16H,3-4,13-15H2,1-2H3,(H,22,24)/t16-/m0/s1. The second-order valence-corrected chi connectivity index (χ2v) is 9.23. The van der Waals surface area contributed by atoms with Gasteiger partial charge in [0.05, 0.1) is 10.9 Å². The van der Waals surface area contributed by atoms with Crippen molar-refractivity contribution in [2.75, 3.05) is 19.3 Å². The lowest BCUT2D eigenvalue weighted by atomic mass is 10.1. The highest BCUT2D eigenvalue weighted by molar-refractivity contribution is 7.90. The van der Waals surface area contributed by atoms with Crippen molar-refractivity contribution in [3.63, 3.8) is 0 Å². The molecule has 5 nitrogen and oxygen atoms in total. The second kappa shape index (κ2) is 8.23. The Bertz CT molecular complexity index is 884. The average Bonchev–Trinajstić information content (AvgIpc) is 3.14. The van der Waals surface area contributed by atoms with Gasteiger partial charge in [-0.1, -0.05) is 24.3 Å². The Morgan fingerprint density at radius 2 is 1.63 bits per heavy atom. The summed E-state index contributed by atoms with van der Waals surface area (Å²) < 4.78 is 23.1. The van der Waals surface area contributed by atoms with Gasteiger partial charge in [-0.3, -0.25) is 9.69 Å². The first-order valence-corrected chi connectivity index (χ1v) is 11.1. The van der Waals surface area contributed by atoms with Crippen LogP contribution in [0.1, 0.15) is 47.3 Å². The quantitative estimate of drug-likeness (QED) is 0.828. The fraction of sp³-hybridized carbons (Fsp3) is 0.381. The molecule has 0 saturated carbocycles. The normalized spacial score (nSPS) is 16.2. The summed E-state index contributed by atoms with van der Waals surface area (Å²) >= 11 is 0. The van der Waals surface area contributed by atoms with Crippen LogP contribution in [0.4, 0.5) is 0 Å². The number of nitrogens with one attached hydrogen (secondary N) is 1. The maximum atomic E-state index is 12.5. The Morgan fingerprint density at radius 3 is 2.19 bits per heavy atom. The van der Waals surface area contributed by atoms with Crippen molar-refractivity contribution in [2.24, 2.45) is 0 Å². The molecular weight excluding hydrogens is 360 g/mol. The van der Waals surface area contributed by atoms with E-state index in [1.54, 1.807) is 24.3 Å². The number of benzene rings is 2. The number of hydrogen-bond donors (Lipinski definition) is 1. The molecule has 0 aliphatic carbocycles. The number of amides is 1. The lowest BCUT2D eigenvalue weighted by Crippen LogP contribution is -2.26. The third-order valence-corrected chi connectivity index (χ3v) is 6.11. The van der Waals surface area contributed by atoms with Gasteiger partial charge in [0.15, 0.2) is 9.84 Å². The van der Waals surface area contributed by atoms with E-state index in [1.165, 1.54) is 24.7 Å².